The first kappa shape index (κ1) is 14.8. The largest absolute Gasteiger partial charge is 0.460 e. The molecule has 0 radical (unpaired) electrons. The van der Waals surface area contributed by atoms with E-state index in [1.807, 2.05) is 30.0 Å². The molecule has 1 aliphatic heterocycles. The number of amides is 1. The monoisotopic (exact) mass is 302 g/mol. The van der Waals surface area contributed by atoms with E-state index in [0.717, 1.165) is 38.5 Å². The number of nitrogens with zero attached hydrogens (tertiary/aromatic N) is 4. The summed E-state index contributed by atoms with van der Waals surface area (Å²) in [5.74, 6) is 1.58. The van der Waals surface area contributed by atoms with Crippen LogP contribution in [0, 0.1) is 6.92 Å². The molecule has 22 heavy (non-hydrogen) atoms. The number of likely N-dealkylation sites (N-methyl/N-ethyl adjacent to an activating group) is 1. The number of furan rings is 1. The molecular formula is C16H22N4O2. The van der Waals surface area contributed by atoms with Gasteiger partial charge < -0.3 is 14.2 Å². The van der Waals surface area contributed by atoms with Crippen molar-refractivity contribution in [1.29, 1.82) is 0 Å². The summed E-state index contributed by atoms with van der Waals surface area (Å²) in [4.78, 5) is 16.9. The van der Waals surface area contributed by atoms with E-state index in [2.05, 4.69) is 16.9 Å². The molecule has 6 heteroatoms. The molecule has 0 N–H and O–H groups in total. The van der Waals surface area contributed by atoms with Crippen molar-refractivity contribution in [1.82, 2.24) is 19.6 Å². The zero-order chi connectivity index (χ0) is 15.7. The molecular weight excluding hydrogens is 280 g/mol. The third-order valence-corrected chi connectivity index (χ3v) is 4.20. The molecule has 2 aromatic heterocycles. The van der Waals surface area contributed by atoms with Gasteiger partial charge in [0.15, 0.2) is 5.76 Å². The fourth-order valence-corrected chi connectivity index (χ4v) is 2.79. The molecule has 0 aliphatic carbocycles. The van der Waals surface area contributed by atoms with Crippen molar-refractivity contribution >= 4 is 5.91 Å². The molecule has 1 amide bonds. The summed E-state index contributed by atoms with van der Waals surface area (Å²) in [5.41, 5.74) is 1.31. The number of carbonyl (C=O) groups is 1. The Kier molecular flexibility index (Phi) is 4.02. The average molecular weight is 302 g/mol. The first-order chi connectivity index (χ1) is 10.6. The second-order valence-corrected chi connectivity index (χ2v) is 5.68. The van der Waals surface area contributed by atoms with Crippen LogP contribution >= 0.6 is 0 Å². The van der Waals surface area contributed by atoms with Gasteiger partial charge in [-0.2, -0.15) is 5.10 Å². The minimum atomic E-state index is 0.0419. The van der Waals surface area contributed by atoms with Crippen LogP contribution < -0.4 is 0 Å². The normalized spacial score (nSPS) is 16.2. The molecule has 0 bridgehead atoms. The predicted octanol–water partition coefficient (Wildman–Crippen LogP) is 1.77. The van der Waals surface area contributed by atoms with Crippen LogP contribution in [-0.4, -0.2) is 58.2 Å². The summed E-state index contributed by atoms with van der Waals surface area (Å²) in [6, 6.07) is 5.59. The van der Waals surface area contributed by atoms with Gasteiger partial charge in [0.05, 0.1) is 0 Å². The summed E-state index contributed by atoms with van der Waals surface area (Å²) in [5, 5.41) is 4.41. The third kappa shape index (κ3) is 2.78. The van der Waals surface area contributed by atoms with Crippen molar-refractivity contribution in [3.63, 3.8) is 0 Å². The highest BCUT2D eigenvalue weighted by atomic mass is 16.3. The molecule has 0 spiro atoms. The topological polar surface area (TPSA) is 54.5 Å². The Morgan fingerprint density at radius 2 is 2.00 bits per heavy atom. The van der Waals surface area contributed by atoms with Crippen LogP contribution in [0.15, 0.2) is 22.6 Å². The molecule has 1 saturated heterocycles. The Morgan fingerprint density at radius 1 is 1.27 bits per heavy atom. The summed E-state index contributed by atoms with van der Waals surface area (Å²) in [7, 11) is 1.80. The Labute approximate surface area is 130 Å². The molecule has 118 valence electrons. The molecule has 3 rings (SSSR count). The van der Waals surface area contributed by atoms with Gasteiger partial charge in [-0.1, -0.05) is 6.92 Å². The molecule has 6 nitrogen and oxygen atoms in total. The summed E-state index contributed by atoms with van der Waals surface area (Å²) >= 11 is 0. The SMILES string of the molecule is CCN1CCN(C(=O)c2cc(-c3ccc(C)o3)nn2C)CC1. The van der Waals surface area contributed by atoms with Crippen LogP contribution in [0.5, 0.6) is 0 Å². The predicted molar refractivity (Wildman–Crippen MR) is 83.7 cm³/mol. The van der Waals surface area contributed by atoms with E-state index in [0.29, 0.717) is 17.1 Å². The van der Waals surface area contributed by atoms with Gasteiger partial charge in [0.2, 0.25) is 0 Å². The van der Waals surface area contributed by atoms with Crippen LogP contribution in [0.4, 0.5) is 0 Å². The molecule has 0 atom stereocenters. The van der Waals surface area contributed by atoms with Gasteiger partial charge in [0, 0.05) is 39.3 Å². The van der Waals surface area contributed by atoms with Gasteiger partial charge in [-0.25, -0.2) is 0 Å². The van der Waals surface area contributed by atoms with Crippen molar-refractivity contribution in [3.8, 4) is 11.5 Å². The summed E-state index contributed by atoms with van der Waals surface area (Å²) in [6.45, 7) is 8.49. The number of piperazine rings is 1. The van der Waals surface area contributed by atoms with Gasteiger partial charge in [0.25, 0.3) is 5.91 Å². The summed E-state index contributed by atoms with van der Waals surface area (Å²) < 4.78 is 7.22. The number of rotatable bonds is 3. The highest BCUT2D eigenvalue weighted by molar-refractivity contribution is 5.93. The van der Waals surface area contributed by atoms with Gasteiger partial charge in [-0.05, 0) is 25.6 Å². The molecule has 0 saturated carbocycles. The molecule has 1 fully saturated rings. The zero-order valence-corrected chi connectivity index (χ0v) is 13.4. The van der Waals surface area contributed by atoms with Crippen LogP contribution in [0.1, 0.15) is 23.2 Å². The van der Waals surface area contributed by atoms with Gasteiger partial charge in [-0.3, -0.25) is 9.48 Å². The van der Waals surface area contributed by atoms with Crippen molar-refractivity contribution < 1.29 is 9.21 Å². The second kappa shape index (κ2) is 5.96. The molecule has 0 aromatic carbocycles. The number of aryl methyl sites for hydroxylation is 2. The molecule has 0 unspecified atom stereocenters. The number of hydrogen-bond acceptors (Lipinski definition) is 4. The number of hydrogen-bond donors (Lipinski definition) is 0. The van der Waals surface area contributed by atoms with Crippen LogP contribution in [0.3, 0.4) is 0 Å². The lowest BCUT2D eigenvalue weighted by atomic mass is 10.2. The van der Waals surface area contributed by atoms with E-state index in [1.54, 1.807) is 11.7 Å². The van der Waals surface area contributed by atoms with E-state index in [4.69, 9.17) is 4.42 Å². The summed E-state index contributed by atoms with van der Waals surface area (Å²) in [6.07, 6.45) is 0. The first-order valence-corrected chi connectivity index (χ1v) is 7.71. The number of carbonyl (C=O) groups excluding carboxylic acids is 1. The van der Waals surface area contributed by atoms with E-state index in [-0.39, 0.29) is 5.91 Å². The molecule has 3 heterocycles. The Morgan fingerprint density at radius 3 is 2.59 bits per heavy atom. The maximum Gasteiger partial charge on any atom is 0.272 e. The lowest BCUT2D eigenvalue weighted by Gasteiger charge is -2.33. The molecule has 2 aromatic rings. The smallest absolute Gasteiger partial charge is 0.272 e. The van der Waals surface area contributed by atoms with E-state index in [9.17, 15) is 4.79 Å². The van der Waals surface area contributed by atoms with Crippen molar-refractivity contribution in [2.45, 2.75) is 13.8 Å². The molecule has 1 aliphatic rings. The van der Waals surface area contributed by atoms with Gasteiger partial charge in [0.1, 0.15) is 17.1 Å². The Hall–Kier alpha value is -2.08. The van der Waals surface area contributed by atoms with Crippen LogP contribution in [-0.2, 0) is 7.05 Å². The third-order valence-electron chi connectivity index (χ3n) is 4.20. The Balaban J connectivity index is 1.77. The quantitative estimate of drug-likeness (QED) is 0.867. The minimum absolute atomic E-state index is 0.0419. The highest BCUT2D eigenvalue weighted by Gasteiger charge is 2.24. The zero-order valence-electron chi connectivity index (χ0n) is 13.4. The fourth-order valence-electron chi connectivity index (χ4n) is 2.79. The van der Waals surface area contributed by atoms with E-state index < -0.39 is 0 Å². The maximum atomic E-state index is 12.7. The lowest BCUT2D eigenvalue weighted by Crippen LogP contribution is -2.48. The minimum Gasteiger partial charge on any atom is -0.460 e. The standard InChI is InChI=1S/C16H22N4O2/c1-4-19-7-9-20(10-8-19)16(21)14-11-13(17-18(14)3)15-6-5-12(2)22-15/h5-6,11H,4,7-10H2,1-3H3. The van der Waals surface area contributed by atoms with Crippen molar-refractivity contribution in [2.75, 3.05) is 32.7 Å². The first-order valence-electron chi connectivity index (χ1n) is 7.71. The average Bonchev–Trinajstić information content (AvgIpc) is 3.12. The fraction of sp³-hybridized carbons (Fsp3) is 0.500. The van der Waals surface area contributed by atoms with Crippen molar-refractivity contribution in [2.24, 2.45) is 7.05 Å². The van der Waals surface area contributed by atoms with E-state index >= 15 is 0 Å². The van der Waals surface area contributed by atoms with Gasteiger partial charge in [-0.15, -0.1) is 0 Å². The van der Waals surface area contributed by atoms with Crippen LogP contribution in [0.2, 0.25) is 0 Å². The maximum absolute atomic E-state index is 12.7. The van der Waals surface area contributed by atoms with Gasteiger partial charge >= 0.3 is 0 Å². The number of aromatic nitrogens is 2. The Bertz CT molecular complexity index is 665. The van der Waals surface area contributed by atoms with Crippen LogP contribution in [0.25, 0.3) is 11.5 Å². The lowest BCUT2D eigenvalue weighted by molar-refractivity contribution is 0.0632. The highest BCUT2D eigenvalue weighted by Crippen LogP contribution is 2.22. The van der Waals surface area contributed by atoms with Crippen molar-refractivity contribution in [3.05, 3.63) is 29.7 Å². The second-order valence-electron chi connectivity index (χ2n) is 5.68. The van der Waals surface area contributed by atoms with E-state index in [1.165, 1.54) is 0 Å².